The summed E-state index contributed by atoms with van der Waals surface area (Å²) in [6, 6.07) is 11.4. The van der Waals surface area contributed by atoms with Gasteiger partial charge in [-0.05, 0) is 30.2 Å². The van der Waals surface area contributed by atoms with Crippen LogP contribution in [0.25, 0.3) is 0 Å². The molecule has 0 spiro atoms. The van der Waals surface area contributed by atoms with Crippen LogP contribution in [0.4, 0.5) is 4.39 Å². The van der Waals surface area contributed by atoms with Crippen molar-refractivity contribution in [1.82, 2.24) is 10.2 Å². The minimum absolute atomic E-state index is 0.00768. The van der Waals surface area contributed by atoms with Gasteiger partial charge in [-0.15, -0.1) is 0 Å². The van der Waals surface area contributed by atoms with Crippen LogP contribution in [0.1, 0.15) is 31.8 Å². The number of aryl methyl sites for hydroxylation is 1. The van der Waals surface area contributed by atoms with E-state index in [9.17, 15) is 18.8 Å². The Kier molecular flexibility index (Phi) is 4.12. The van der Waals surface area contributed by atoms with Crippen molar-refractivity contribution in [2.24, 2.45) is 0 Å². The van der Waals surface area contributed by atoms with Gasteiger partial charge in [0.15, 0.2) is 0 Å². The summed E-state index contributed by atoms with van der Waals surface area (Å²) in [5, 5.41) is 2.67. The average Bonchev–Trinajstić information content (AvgIpc) is 2.80. The van der Waals surface area contributed by atoms with E-state index in [0.29, 0.717) is 6.54 Å². The SMILES string of the molecule is Cc1ccccc1CNC(=O)CN1C(=O)c2cccc(F)c2C1=O. The van der Waals surface area contributed by atoms with Gasteiger partial charge < -0.3 is 5.32 Å². The zero-order valence-electron chi connectivity index (χ0n) is 13.0. The molecule has 1 aliphatic heterocycles. The summed E-state index contributed by atoms with van der Waals surface area (Å²) in [5.41, 5.74) is 1.70. The molecule has 0 saturated carbocycles. The third-order valence-electron chi connectivity index (χ3n) is 3.99. The Morgan fingerprint density at radius 3 is 2.54 bits per heavy atom. The highest BCUT2D eigenvalue weighted by atomic mass is 19.1. The van der Waals surface area contributed by atoms with Crippen LogP contribution >= 0.6 is 0 Å². The number of rotatable bonds is 4. The molecule has 1 aliphatic rings. The van der Waals surface area contributed by atoms with Crippen LogP contribution in [0.3, 0.4) is 0 Å². The molecule has 2 aromatic carbocycles. The van der Waals surface area contributed by atoms with Gasteiger partial charge in [0, 0.05) is 6.54 Å². The molecule has 24 heavy (non-hydrogen) atoms. The van der Waals surface area contributed by atoms with Crippen LogP contribution in [0.5, 0.6) is 0 Å². The van der Waals surface area contributed by atoms with E-state index in [0.717, 1.165) is 22.1 Å². The predicted octanol–water partition coefficient (Wildman–Crippen LogP) is 2.05. The molecule has 0 radical (unpaired) electrons. The molecule has 1 N–H and O–H groups in total. The summed E-state index contributed by atoms with van der Waals surface area (Å²) < 4.78 is 13.7. The van der Waals surface area contributed by atoms with Crippen LogP contribution in [0.15, 0.2) is 42.5 Å². The second-order valence-corrected chi connectivity index (χ2v) is 5.56. The summed E-state index contributed by atoms with van der Waals surface area (Å²) in [7, 11) is 0. The summed E-state index contributed by atoms with van der Waals surface area (Å²) in [4.78, 5) is 37.2. The summed E-state index contributed by atoms with van der Waals surface area (Å²) >= 11 is 0. The Morgan fingerprint density at radius 1 is 1.08 bits per heavy atom. The molecule has 0 fully saturated rings. The van der Waals surface area contributed by atoms with Crippen molar-refractivity contribution in [1.29, 1.82) is 0 Å². The molecule has 0 aromatic heterocycles. The van der Waals surface area contributed by atoms with Crippen LogP contribution in [-0.2, 0) is 11.3 Å². The van der Waals surface area contributed by atoms with E-state index < -0.39 is 30.1 Å². The topological polar surface area (TPSA) is 66.5 Å². The van der Waals surface area contributed by atoms with E-state index >= 15 is 0 Å². The van der Waals surface area contributed by atoms with Crippen molar-refractivity contribution in [3.63, 3.8) is 0 Å². The fourth-order valence-corrected chi connectivity index (χ4v) is 2.64. The molecular weight excluding hydrogens is 311 g/mol. The van der Waals surface area contributed by atoms with Gasteiger partial charge in [-0.25, -0.2) is 4.39 Å². The van der Waals surface area contributed by atoms with Crippen molar-refractivity contribution in [2.45, 2.75) is 13.5 Å². The molecule has 0 atom stereocenters. The van der Waals surface area contributed by atoms with Crippen molar-refractivity contribution in [3.8, 4) is 0 Å². The largest absolute Gasteiger partial charge is 0.350 e. The van der Waals surface area contributed by atoms with Gasteiger partial charge in [0.2, 0.25) is 5.91 Å². The second kappa shape index (κ2) is 6.23. The molecule has 3 amide bonds. The number of carbonyl (C=O) groups excluding carboxylic acids is 3. The summed E-state index contributed by atoms with van der Waals surface area (Å²) in [6.45, 7) is 1.79. The standard InChI is InChI=1S/C18H15FN2O3/c1-11-5-2-3-6-12(11)9-20-15(22)10-21-17(23)13-7-4-8-14(19)16(13)18(21)24/h2-8H,9-10H2,1H3,(H,20,22). The minimum atomic E-state index is -0.779. The van der Waals surface area contributed by atoms with E-state index in [1.807, 2.05) is 31.2 Å². The molecule has 3 rings (SSSR count). The number of benzene rings is 2. The Hall–Kier alpha value is -3.02. The van der Waals surface area contributed by atoms with Gasteiger partial charge in [-0.1, -0.05) is 30.3 Å². The molecule has 0 unspecified atom stereocenters. The predicted molar refractivity (Wildman–Crippen MR) is 84.8 cm³/mol. The third-order valence-corrected chi connectivity index (χ3v) is 3.99. The number of imide groups is 1. The van der Waals surface area contributed by atoms with Crippen molar-refractivity contribution in [3.05, 3.63) is 70.5 Å². The van der Waals surface area contributed by atoms with E-state index in [1.165, 1.54) is 12.1 Å². The number of fused-ring (bicyclic) bond motifs is 1. The average molecular weight is 326 g/mol. The number of nitrogens with zero attached hydrogens (tertiary/aromatic N) is 1. The zero-order chi connectivity index (χ0) is 17.3. The van der Waals surface area contributed by atoms with Crippen molar-refractivity contribution in [2.75, 3.05) is 6.54 Å². The van der Waals surface area contributed by atoms with Crippen molar-refractivity contribution < 1.29 is 18.8 Å². The lowest BCUT2D eigenvalue weighted by atomic mass is 10.1. The van der Waals surface area contributed by atoms with Crippen LogP contribution in [-0.4, -0.2) is 29.2 Å². The van der Waals surface area contributed by atoms with Crippen LogP contribution in [0.2, 0.25) is 0 Å². The highest BCUT2D eigenvalue weighted by molar-refractivity contribution is 6.22. The highest BCUT2D eigenvalue weighted by Gasteiger charge is 2.38. The molecule has 122 valence electrons. The quantitative estimate of drug-likeness (QED) is 0.875. The van der Waals surface area contributed by atoms with E-state index in [1.54, 1.807) is 0 Å². The first kappa shape index (κ1) is 15.9. The maximum Gasteiger partial charge on any atom is 0.265 e. The van der Waals surface area contributed by atoms with Crippen LogP contribution in [0, 0.1) is 12.7 Å². The van der Waals surface area contributed by atoms with Gasteiger partial charge in [0.1, 0.15) is 12.4 Å². The summed E-state index contributed by atoms with van der Waals surface area (Å²) in [5.74, 6) is -2.67. The fraction of sp³-hybridized carbons (Fsp3) is 0.167. The first-order valence-corrected chi connectivity index (χ1v) is 7.45. The second-order valence-electron chi connectivity index (χ2n) is 5.56. The van der Waals surface area contributed by atoms with Gasteiger partial charge in [0.25, 0.3) is 11.8 Å². The van der Waals surface area contributed by atoms with Gasteiger partial charge in [-0.2, -0.15) is 0 Å². The molecule has 0 saturated heterocycles. The van der Waals surface area contributed by atoms with Gasteiger partial charge in [0.05, 0.1) is 11.1 Å². The minimum Gasteiger partial charge on any atom is -0.350 e. The smallest absolute Gasteiger partial charge is 0.265 e. The number of nitrogens with one attached hydrogen (secondary N) is 1. The van der Waals surface area contributed by atoms with E-state index in [-0.39, 0.29) is 11.1 Å². The Bertz CT molecular complexity index is 848. The molecule has 2 aromatic rings. The molecule has 6 heteroatoms. The Morgan fingerprint density at radius 2 is 1.83 bits per heavy atom. The number of hydrogen-bond donors (Lipinski definition) is 1. The fourth-order valence-electron chi connectivity index (χ4n) is 2.64. The first-order valence-electron chi connectivity index (χ1n) is 7.45. The molecule has 0 bridgehead atoms. The molecule has 1 heterocycles. The van der Waals surface area contributed by atoms with Gasteiger partial charge in [-0.3, -0.25) is 19.3 Å². The Balaban J connectivity index is 1.68. The zero-order valence-corrected chi connectivity index (χ0v) is 13.0. The highest BCUT2D eigenvalue weighted by Crippen LogP contribution is 2.24. The van der Waals surface area contributed by atoms with Crippen molar-refractivity contribution >= 4 is 17.7 Å². The van der Waals surface area contributed by atoms with E-state index in [4.69, 9.17) is 0 Å². The molecule has 5 nitrogen and oxygen atoms in total. The lowest BCUT2D eigenvalue weighted by Gasteiger charge is -2.14. The lowest BCUT2D eigenvalue weighted by molar-refractivity contribution is -0.121. The third kappa shape index (κ3) is 2.78. The number of halogens is 1. The lowest BCUT2D eigenvalue weighted by Crippen LogP contribution is -2.40. The van der Waals surface area contributed by atoms with Gasteiger partial charge >= 0.3 is 0 Å². The normalized spacial score (nSPS) is 13.2. The maximum absolute atomic E-state index is 13.7. The maximum atomic E-state index is 13.7. The van der Waals surface area contributed by atoms with E-state index in [2.05, 4.69) is 5.32 Å². The van der Waals surface area contributed by atoms with Crippen LogP contribution < -0.4 is 5.32 Å². The monoisotopic (exact) mass is 326 g/mol. The number of amides is 3. The first-order chi connectivity index (χ1) is 11.5. The number of carbonyl (C=O) groups is 3. The molecule has 0 aliphatic carbocycles. The Labute approximate surface area is 138 Å². The molecular formula is C18H15FN2O3. The summed E-state index contributed by atoms with van der Waals surface area (Å²) in [6.07, 6.45) is 0. The number of hydrogen-bond acceptors (Lipinski definition) is 3.